The number of rotatable bonds is 1. The molecule has 5 heteroatoms. The zero-order valence-electron chi connectivity index (χ0n) is 8.03. The SMILES string of the molecule is Cc1cnc(Cl)nc1N1CCSCC1. The third-order valence-electron chi connectivity index (χ3n) is 2.23. The van der Waals surface area contributed by atoms with Crippen molar-refractivity contribution in [1.82, 2.24) is 9.97 Å². The molecule has 0 amide bonds. The first kappa shape index (κ1) is 10.1. The Balaban J connectivity index is 2.24. The lowest BCUT2D eigenvalue weighted by Gasteiger charge is -2.28. The van der Waals surface area contributed by atoms with Crippen molar-refractivity contribution in [1.29, 1.82) is 0 Å². The Labute approximate surface area is 92.9 Å². The standard InChI is InChI=1S/C9H12ClN3S/c1-7-6-11-9(10)12-8(7)13-2-4-14-5-3-13/h6H,2-5H2,1H3. The van der Waals surface area contributed by atoms with E-state index in [4.69, 9.17) is 11.6 Å². The van der Waals surface area contributed by atoms with Crippen LogP contribution in [0.2, 0.25) is 5.28 Å². The van der Waals surface area contributed by atoms with Crippen molar-refractivity contribution in [3.63, 3.8) is 0 Å². The summed E-state index contributed by atoms with van der Waals surface area (Å²) in [6.45, 7) is 4.13. The Morgan fingerprint density at radius 1 is 1.43 bits per heavy atom. The monoisotopic (exact) mass is 229 g/mol. The quantitative estimate of drug-likeness (QED) is 0.689. The van der Waals surface area contributed by atoms with Gasteiger partial charge in [0.1, 0.15) is 5.82 Å². The number of aryl methyl sites for hydroxylation is 1. The molecule has 2 rings (SSSR count). The molecule has 1 aliphatic rings. The second kappa shape index (κ2) is 4.36. The number of thioether (sulfide) groups is 1. The van der Waals surface area contributed by atoms with Crippen molar-refractivity contribution in [2.75, 3.05) is 29.5 Å². The summed E-state index contributed by atoms with van der Waals surface area (Å²) >= 11 is 7.77. The highest BCUT2D eigenvalue weighted by atomic mass is 35.5. The van der Waals surface area contributed by atoms with Gasteiger partial charge in [-0.25, -0.2) is 9.97 Å². The molecule has 0 unspecified atom stereocenters. The third-order valence-corrected chi connectivity index (χ3v) is 3.35. The molecule has 2 heterocycles. The average Bonchev–Trinajstić information content (AvgIpc) is 2.23. The lowest BCUT2D eigenvalue weighted by Crippen LogP contribution is -2.33. The van der Waals surface area contributed by atoms with Crippen LogP contribution in [0.3, 0.4) is 0 Å². The Kier molecular flexibility index (Phi) is 3.13. The van der Waals surface area contributed by atoms with Crippen molar-refractivity contribution in [2.24, 2.45) is 0 Å². The van der Waals surface area contributed by atoms with Gasteiger partial charge in [0.2, 0.25) is 5.28 Å². The fourth-order valence-electron chi connectivity index (χ4n) is 1.51. The number of nitrogens with zero attached hydrogens (tertiary/aromatic N) is 3. The van der Waals surface area contributed by atoms with E-state index in [0.29, 0.717) is 5.28 Å². The molecule has 0 N–H and O–H groups in total. The molecule has 1 fully saturated rings. The lowest BCUT2D eigenvalue weighted by atomic mass is 10.3. The summed E-state index contributed by atoms with van der Waals surface area (Å²) in [6, 6.07) is 0. The normalized spacial score (nSPS) is 17.1. The van der Waals surface area contributed by atoms with Crippen molar-refractivity contribution >= 4 is 29.2 Å². The van der Waals surface area contributed by atoms with Gasteiger partial charge in [0.15, 0.2) is 0 Å². The van der Waals surface area contributed by atoms with Gasteiger partial charge in [-0.2, -0.15) is 11.8 Å². The number of aromatic nitrogens is 2. The first-order chi connectivity index (χ1) is 6.77. The van der Waals surface area contributed by atoms with Crippen LogP contribution in [0.15, 0.2) is 6.20 Å². The van der Waals surface area contributed by atoms with E-state index in [2.05, 4.69) is 14.9 Å². The van der Waals surface area contributed by atoms with Gasteiger partial charge in [-0.1, -0.05) is 0 Å². The summed E-state index contributed by atoms with van der Waals surface area (Å²) in [7, 11) is 0. The molecule has 0 bridgehead atoms. The summed E-state index contributed by atoms with van der Waals surface area (Å²) in [6.07, 6.45) is 1.78. The minimum absolute atomic E-state index is 0.337. The fourth-order valence-corrected chi connectivity index (χ4v) is 2.54. The van der Waals surface area contributed by atoms with Crippen molar-refractivity contribution in [3.8, 4) is 0 Å². The number of hydrogen-bond donors (Lipinski definition) is 0. The minimum atomic E-state index is 0.337. The molecule has 0 spiro atoms. The highest BCUT2D eigenvalue weighted by Crippen LogP contribution is 2.21. The van der Waals surface area contributed by atoms with Crippen molar-refractivity contribution in [2.45, 2.75) is 6.92 Å². The van der Waals surface area contributed by atoms with E-state index in [1.54, 1.807) is 6.20 Å². The van der Waals surface area contributed by atoms with Crippen LogP contribution in [-0.2, 0) is 0 Å². The molecule has 0 atom stereocenters. The van der Waals surface area contributed by atoms with Gasteiger partial charge < -0.3 is 4.90 Å². The predicted octanol–water partition coefficient (Wildman–Crippen LogP) is 1.99. The first-order valence-corrected chi connectivity index (χ1v) is 6.12. The van der Waals surface area contributed by atoms with Crippen LogP contribution in [0.4, 0.5) is 5.82 Å². The Morgan fingerprint density at radius 3 is 2.86 bits per heavy atom. The molecule has 14 heavy (non-hydrogen) atoms. The molecule has 1 aromatic heterocycles. The van der Waals surface area contributed by atoms with Gasteiger partial charge >= 0.3 is 0 Å². The molecule has 76 valence electrons. The van der Waals surface area contributed by atoms with Gasteiger partial charge in [-0.3, -0.25) is 0 Å². The van der Waals surface area contributed by atoms with Gasteiger partial charge in [-0.05, 0) is 18.5 Å². The predicted molar refractivity (Wildman–Crippen MR) is 61.3 cm³/mol. The lowest BCUT2D eigenvalue weighted by molar-refractivity contribution is 0.829. The largest absolute Gasteiger partial charge is 0.355 e. The van der Waals surface area contributed by atoms with E-state index in [0.717, 1.165) is 24.5 Å². The summed E-state index contributed by atoms with van der Waals surface area (Å²) in [4.78, 5) is 10.5. The Hall–Kier alpha value is -0.480. The third kappa shape index (κ3) is 2.12. The minimum Gasteiger partial charge on any atom is -0.355 e. The van der Waals surface area contributed by atoms with E-state index >= 15 is 0 Å². The molecule has 1 saturated heterocycles. The molecule has 3 nitrogen and oxygen atoms in total. The van der Waals surface area contributed by atoms with Crippen molar-refractivity contribution in [3.05, 3.63) is 17.0 Å². The molecule has 0 saturated carbocycles. The molecular weight excluding hydrogens is 218 g/mol. The molecule has 0 radical (unpaired) electrons. The molecule has 0 aliphatic carbocycles. The van der Waals surface area contributed by atoms with E-state index in [1.165, 1.54) is 11.5 Å². The Bertz CT molecular complexity index is 326. The van der Waals surface area contributed by atoms with Crippen LogP contribution in [0.5, 0.6) is 0 Å². The van der Waals surface area contributed by atoms with Gasteiger partial charge in [0.25, 0.3) is 0 Å². The van der Waals surface area contributed by atoms with Crippen LogP contribution in [-0.4, -0.2) is 34.6 Å². The van der Waals surface area contributed by atoms with Crippen LogP contribution in [0.25, 0.3) is 0 Å². The summed E-state index contributed by atoms with van der Waals surface area (Å²) in [5, 5.41) is 0.337. The van der Waals surface area contributed by atoms with E-state index < -0.39 is 0 Å². The zero-order chi connectivity index (χ0) is 9.97. The summed E-state index contributed by atoms with van der Waals surface area (Å²) in [5.41, 5.74) is 1.10. The van der Waals surface area contributed by atoms with Gasteiger partial charge in [0.05, 0.1) is 0 Å². The highest BCUT2D eigenvalue weighted by Gasteiger charge is 2.14. The maximum Gasteiger partial charge on any atom is 0.224 e. The van der Waals surface area contributed by atoms with Crippen molar-refractivity contribution < 1.29 is 0 Å². The van der Waals surface area contributed by atoms with Crippen LogP contribution in [0.1, 0.15) is 5.56 Å². The maximum atomic E-state index is 5.78. The average molecular weight is 230 g/mol. The van der Waals surface area contributed by atoms with Crippen LogP contribution >= 0.6 is 23.4 Å². The van der Waals surface area contributed by atoms with Crippen LogP contribution in [0, 0.1) is 6.92 Å². The van der Waals surface area contributed by atoms with E-state index in [9.17, 15) is 0 Å². The zero-order valence-corrected chi connectivity index (χ0v) is 9.61. The highest BCUT2D eigenvalue weighted by molar-refractivity contribution is 7.99. The molecule has 1 aromatic rings. The Morgan fingerprint density at radius 2 is 2.14 bits per heavy atom. The second-order valence-corrected chi connectivity index (χ2v) is 4.81. The molecular formula is C9H12ClN3S. The topological polar surface area (TPSA) is 29.0 Å². The first-order valence-electron chi connectivity index (χ1n) is 4.59. The van der Waals surface area contributed by atoms with E-state index in [-0.39, 0.29) is 0 Å². The van der Waals surface area contributed by atoms with Gasteiger partial charge in [0, 0.05) is 36.4 Å². The van der Waals surface area contributed by atoms with E-state index in [1.807, 2.05) is 18.7 Å². The van der Waals surface area contributed by atoms with Gasteiger partial charge in [-0.15, -0.1) is 0 Å². The number of halogens is 1. The molecule has 1 aliphatic heterocycles. The maximum absolute atomic E-state index is 5.78. The summed E-state index contributed by atoms with van der Waals surface area (Å²) < 4.78 is 0. The van der Waals surface area contributed by atoms with Crippen LogP contribution < -0.4 is 4.90 Å². The number of hydrogen-bond acceptors (Lipinski definition) is 4. The molecule has 0 aromatic carbocycles. The smallest absolute Gasteiger partial charge is 0.224 e. The fraction of sp³-hybridized carbons (Fsp3) is 0.556. The second-order valence-electron chi connectivity index (χ2n) is 3.25. The summed E-state index contributed by atoms with van der Waals surface area (Å²) in [5.74, 6) is 3.33. The number of anilines is 1.